The monoisotopic (exact) mass is 677 g/mol. The standard InChI is InChI=1S/C34H36BrN3O3S2/c1-4-37(5-2)24-25-11-13-26(14-12-25)28(22-34-36(3)32-23-29(35)15-16-33(32)42-34)21-27-17-19-38(18-8-20-43(39,40)41)31-10-7-6-9-30(27)31/h6-7,9-17,19,21-23H,4-5,8,18,20,24H2,1-3H3. The van der Waals surface area contributed by atoms with E-state index in [4.69, 9.17) is 0 Å². The summed E-state index contributed by atoms with van der Waals surface area (Å²) < 4.78 is 36.6. The molecule has 4 aromatic rings. The number of hydrogen-bond donors (Lipinski definition) is 0. The molecule has 224 valence electrons. The minimum atomic E-state index is -4.24. The quantitative estimate of drug-likeness (QED) is 0.123. The van der Waals surface area contributed by atoms with E-state index in [-0.39, 0.29) is 12.2 Å². The maximum Gasteiger partial charge on any atom is 0.213 e. The van der Waals surface area contributed by atoms with Gasteiger partial charge in [-0.25, -0.2) is 8.42 Å². The minimum absolute atomic E-state index is 0.271. The smallest absolute Gasteiger partial charge is 0.213 e. The van der Waals surface area contributed by atoms with Crippen LogP contribution in [0.25, 0.3) is 22.6 Å². The lowest BCUT2D eigenvalue weighted by Crippen LogP contribution is -2.35. The van der Waals surface area contributed by atoms with Crippen molar-refractivity contribution in [1.29, 1.82) is 0 Å². The minimum Gasteiger partial charge on any atom is -0.748 e. The molecule has 0 N–H and O–H groups in total. The van der Waals surface area contributed by atoms with Crippen LogP contribution in [-0.2, 0) is 23.2 Å². The number of pyridine rings is 1. The Balaban J connectivity index is 1.56. The molecule has 0 aliphatic carbocycles. The van der Waals surface area contributed by atoms with Gasteiger partial charge in [-0.2, -0.15) is 4.57 Å². The largest absolute Gasteiger partial charge is 0.748 e. The van der Waals surface area contributed by atoms with E-state index >= 15 is 0 Å². The van der Waals surface area contributed by atoms with Crippen molar-refractivity contribution >= 4 is 66.0 Å². The lowest BCUT2D eigenvalue weighted by atomic mass is 9.99. The third-order valence-electron chi connectivity index (χ3n) is 7.76. The molecule has 1 aromatic heterocycles. The second kappa shape index (κ2) is 13.8. The predicted octanol–water partition coefficient (Wildman–Crippen LogP) is 7.29. The van der Waals surface area contributed by atoms with E-state index in [1.54, 1.807) is 11.8 Å². The van der Waals surface area contributed by atoms with Gasteiger partial charge in [0.1, 0.15) is 6.54 Å². The number of nitrogens with zero attached hydrogens (tertiary/aromatic N) is 3. The maximum absolute atomic E-state index is 11.2. The summed E-state index contributed by atoms with van der Waals surface area (Å²) in [5.41, 5.74) is 6.74. The van der Waals surface area contributed by atoms with Gasteiger partial charge in [-0.05, 0) is 71.8 Å². The highest BCUT2D eigenvalue weighted by Crippen LogP contribution is 2.47. The predicted molar refractivity (Wildman–Crippen MR) is 181 cm³/mol. The van der Waals surface area contributed by atoms with Gasteiger partial charge < -0.3 is 9.45 Å². The van der Waals surface area contributed by atoms with E-state index in [1.165, 1.54) is 16.1 Å². The van der Waals surface area contributed by atoms with Gasteiger partial charge in [-0.15, -0.1) is 0 Å². The molecule has 5 rings (SSSR count). The van der Waals surface area contributed by atoms with Crippen molar-refractivity contribution in [2.45, 2.75) is 38.3 Å². The summed E-state index contributed by atoms with van der Waals surface area (Å²) in [6, 6.07) is 25.4. The number of thioether (sulfide) groups is 1. The lowest BCUT2D eigenvalue weighted by Gasteiger charge is -2.18. The van der Waals surface area contributed by atoms with Crippen LogP contribution in [0.5, 0.6) is 0 Å². The zero-order valence-corrected chi connectivity index (χ0v) is 27.9. The number of hydrogen-bond acceptors (Lipinski definition) is 6. The number of anilines is 1. The van der Waals surface area contributed by atoms with Gasteiger partial charge >= 0.3 is 0 Å². The van der Waals surface area contributed by atoms with Crippen molar-refractivity contribution in [3.05, 3.63) is 111 Å². The van der Waals surface area contributed by atoms with Crippen LogP contribution in [0.1, 0.15) is 37.0 Å². The van der Waals surface area contributed by atoms with E-state index in [2.05, 4.69) is 113 Å². The van der Waals surface area contributed by atoms with Crippen LogP contribution in [0.2, 0.25) is 0 Å². The van der Waals surface area contributed by atoms with Crippen LogP contribution in [0, 0.1) is 0 Å². The fourth-order valence-corrected chi connectivity index (χ4v) is 7.24. The molecule has 0 spiro atoms. The van der Waals surface area contributed by atoms with Crippen molar-refractivity contribution < 1.29 is 17.5 Å². The zero-order valence-electron chi connectivity index (χ0n) is 24.7. The van der Waals surface area contributed by atoms with Crippen LogP contribution in [0.3, 0.4) is 0 Å². The molecule has 0 unspecified atom stereocenters. The first-order valence-corrected chi connectivity index (χ1v) is 17.6. The Bertz CT molecular complexity index is 1780. The molecule has 6 nitrogen and oxygen atoms in total. The number of halogens is 1. The molecule has 43 heavy (non-hydrogen) atoms. The Kier molecular flexibility index (Phi) is 10.1. The second-order valence-electron chi connectivity index (χ2n) is 10.6. The Morgan fingerprint density at radius 3 is 2.51 bits per heavy atom. The highest BCUT2D eigenvalue weighted by atomic mass is 79.9. The Morgan fingerprint density at radius 2 is 1.79 bits per heavy atom. The van der Waals surface area contributed by atoms with E-state index in [9.17, 15) is 13.0 Å². The van der Waals surface area contributed by atoms with E-state index in [1.807, 2.05) is 29.0 Å². The second-order valence-corrected chi connectivity index (χ2v) is 14.1. The fraction of sp³-hybridized carbons (Fsp3) is 0.265. The summed E-state index contributed by atoms with van der Waals surface area (Å²) in [5, 5.41) is 2.20. The molecular formula is C34H36BrN3O3S2. The molecule has 1 aliphatic rings. The zero-order chi connectivity index (χ0) is 30.6. The van der Waals surface area contributed by atoms with Gasteiger partial charge in [-0.3, -0.25) is 4.90 Å². The fourth-order valence-electron chi connectivity index (χ4n) is 5.32. The Labute approximate surface area is 267 Å². The summed E-state index contributed by atoms with van der Waals surface area (Å²) in [4.78, 5) is 5.86. The average molecular weight is 679 g/mol. The van der Waals surface area contributed by atoms with Gasteiger partial charge in [0.2, 0.25) is 5.52 Å². The molecular weight excluding hydrogens is 642 g/mol. The van der Waals surface area contributed by atoms with Crippen LogP contribution in [-0.4, -0.2) is 43.8 Å². The number of para-hydroxylation sites is 1. The third-order valence-corrected chi connectivity index (χ3v) is 10.2. The summed E-state index contributed by atoms with van der Waals surface area (Å²) in [6.45, 7) is 7.79. The number of allylic oxidation sites excluding steroid dienone is 2. The number of benzene rings is 3. The first-order valence-electron chi connectivity index (χ1n) is 14.5. The molecule has 2 heterocycles. The summed E-state index contributed by atoms with van der Waals surface area (Å²) in [6.07, 6.45) is 6.74. The van der Waals surface area contributed by atoms with Crippen LogP contribution in [0.15, 0.2) is 99.5 Å². The van der Waals surface area contributed by atoms with Crippen molar-refractivity contribution in [2.24, 2.45) is 0 Å². The maximum atomic E-state index is 11.2. The third kappa shape index (κ3) is 7.77. The number of aromatic nitrogens is 1. The molecule has 0 amide bonds. The van der Waals surface area contributed by atoms with E-state index in [0.29, 0.717) is 6.54 Å². The van der Waals surface area contributed by atoms with Crippen molar-refractivity contribution in [2.75, 3.05) is 30.8 Å². The molecule has 1 aliphatic heterocycles. The number of aryl methyl sites for hydroxylation is 1. The molecule has 0 radical (unpaired) electrons. The highest BCUT2D eigenvalue weighted by Gasteiger charge is 2.23. The highest BCUT2D eigenvalue weighted by molar-refractivity contribution is 9.10. The first kappa shape index (κ1) is 31.5. The molecule has 0 atom stereocenters. The van der Waals surface area contributed by atoms with Crippen LogP contribution < -0.4 is 9.47 Å². The summed E-state index contributed by atoms with van der Waals surface area (Å²) in [7, 11) is -2.14. The van der Waals surface area contributed by atoms with Gasteiger partial charge in [-0.1, -0.05) is 77.9 Å². The molecule has 0 fully saturated rings. The van der Waals surface area contributed by atoms with Crippen LogP contribution >= 0.6 is 27.7 Å². The van der Waals surface area contributed by atoms with Gasteiger partial charge in [0.05, 0.1) is 26.2 Å². The first-order chi connectivity index (χ1) is 20.6. The van der Waals surface area contributed by atoms with Gasteiger partial charge in [0.15, 0.2) is 6.20 Å². The molecule has 9 heteroatoms. The Hall–Kier alpha value is -2.95. The lowest BCUT2D eigenvalue weighted by molar-refractivity contribution is -0.671. The molecule has 0 bridgehead atoms. The number of rotatable bonds is 11. The SMILES string of the molecule is CCN(CC)Cc1ccc(C(=Cc2cc[n+](CCCS(=O)(=O)[O-])c3ccccc23)C=C2Sc3ccc(Br)cc3N2C)cc1. The summed E-state index contributed by atoms with van der Waals surface area (Å²) in [5.74, 6) is -0.373. The van der Waals surface area contributed by atoms with Crippen LogP contribution in [0.4, 0.5) is 5.69 Å². The molecule has 0 saturated heterocycles. The number of fused-ring (bicyclic) bond motifs is 2. The summed E-state index contributed by atoms with van der Waals surface area (Å²) >= 11 is 5.38. The van der Waals surface area contributed by atoms with Gasteiger partial charge in [0, 0.05) is 47.3 Å². The normalized spacial score (nSPS) is 14.7. The average Bonchev–Trinajstić information content (AvgIpc) is 3.30. The Morgan fingerprint density at radius 1 is 1.05 bits per heavy atom. The molecule has 0 saturated carbocycles. The molecule has 3 aromatic carbocycles. The van der Waals surface area contributed by atoms with Gasteiger partial charge in [0.25, 0.3) is 0 Å². The van der Waals surface area contributed by atoms with Crippen molar-refractivity contribution in [1.82, 2.24) is 4.90 Å². The van der Waals surface area contributed by atoms with E-state index in [0.717, 1.165) is 56.7 Å². The van der Waals surface area contributed by atoms with Crippen molar-refractivity contribution in [3.8, 4) is 0 Å². The van der Waals surface area contributed by atoms with Crippen molar-refractivity contribution in [3.63, 3.8) is 0 Å². The van der Waals surface area contributed by atoms with E-state index < -0.39 is 10.1 Å². The topological polar surface area (TPSA) is 67.6 Å².